The Labute approximate surface area is 184 Å². The van der Waals surface area contributed by atoms with Crippen LogP contribution in [0.3, 0.4) is 0 Å². The van der Waals surface area contributed by atoms with Crippen molar-refractivity contribution in [1.82, 2.24) is 15.0 Å². The summed E-state index contributed by atoms with van der Waals surface area (Å²) in [6.07, 6.45) is 6.41. The van der Waals surface area contributed by atoms with Crippen molar-refractivity contribution >= 4 is 33.8 Å². The smallest absolute Gasteiger partial charge is 0.260 e. The summed E-state index contributed by atoms with van der Waals surface area (Å²) in [6.45, 7) is 1.99. The van der Waals surface area contributed by atoms with E-state index < -0.39 is 5.56 Å². The molecule has 1 N–H and O–H groups in total. The molecule has 2 heterocycles. The van der Waals surface area contributed by atoms with Gasteiger partial charge in [0.15, 0.2) is 5.78 Å². The molecule has 0 unspecified atom stereocenters. The van der Waals surface area contributed by atoms with Gasteiger partial charge >= 0.3 is 0 Å². The number of H-pyrrole nitrogens is 1. The number of aryl methyl sites for hydroxylation is 1. The number of aromatic nitrogens is 3. The van der Waals surface area contributed by atoms with Gasteiger partial charge in [0.2, 0.25) is 0 Å². The molecule has 5 aromatic rings. The topological polar surface area (TPSA) is 75.7 Å². The van der Waals surface area contributed by atoms with E-state index in [1.807, 2.05) is 73.7 Å². The number of allylic oxidation sites excluding steroid dienone is 1. The van der Waals surface area contributed by atoms with Crippen LogP contribution in [-0.4, -0.2) is 20.7 Å². The number of rotatable bonds is 4. The van der Waals surface area contributed by atoms with Crippen LogP contribution in [0.5, 0.6) is 0 Å². The molecule has 0 amide bonds. The zero-order chi connectivity index (χ0) is 22.1. The summed E-state index contributed by atoms with van der Waals surface area (Å²) >= 11 is 0. The van der Waals surface area contributed by atoms with Crippen LogP contribution in [0.4, 0.5) is 0 Å². The molecule has 0 bridgehead atoms. The van der Waals surface area contributed by atoms with E-state index in [1.54, 1.807) is 18.5 Å². The highest BCUT2D eigenvalue weighted by Crippen LogP contribution is 2.30. The summed E-state index contributed by atoms with van der Waals surface area (Å²) in [5, 5.41) is 0.841. The predicted molar refractivity (Wildman–Crippen MR) is 128 cm³/mol. The maximum atomic E-state index is 13.3. The van der Waals surface area contributed by atoms with Gasteiger partial charge in [-0.15, -0.1) is 0 Å². The average Bonchev–Trinajstić information content (AvgIpc) is 2.82. The third kappa shape index (κ3) is 3.61. The number of hydrogen-bond donors (Lipinski definition) is 1. The van der Waals surface area contributed by atoms with Crippen LogP contribution in [0.15, 0.2) is 90.0 Å². The average molecular weight is 417 g/mol. The molecule has 0 fully saturated rings. The monoisotopic (exact) mass is 417 g/mol. The van der Waals surface area contributed by atoms with Crippen LogP contribution in [0.2, 0.25) is 0 Å². The first-order chi connectivity index (χ1) is 15.6. The van der Waals surface area contributed by atoms with Gasteiger partial charge in [0.25, 0.3) is 5.56 Å². The van der Waals surface area contributed by atoms with Crippen molar-refractivity contribution in [3.05, 3.63) is 112 Å². The highest BCUT2D eigenvalue weighted by atomic mass is 16.1. The predicted octanol–water partition coefficient (Wildman–Crippen LogP) is 5.34. The SMILES string of the molecule is Cc1ccc2[nH]c(=O)c(C(=O)/C=C\c3ccc4nccnc4c3)c(-c3ccccc3)c2c1. The first-order valence-electron chi connectivity index (χ1n) is 10.3. The zero-order valence-electron chi connectivity index (χ0n) is 17.4. The van der Waals surface area contributed by atoms with Crippen molar-refractivity contribution in [1.29, 1.82) is 0 Å². The lowest BCUT2D eigenvalue weighted by molar-refractivity contribution is 0.104. The van der Waals surface area contributed by atoms with Crippen LogP contribution >= 0.6 is 0 Å². The second kappa shape index (κ2) is 8.04. The molecular formula is C27H19N3O2. The lowest BCUT2D eigenvalue weighted by Crippen LogP contribution is -2.18. The third-order valence-electron chi connectivity index (χ3n) is 5.40. The lowest BCUT2D eigenvalue weighted by atomic mass is 9.93. The minimum atomic E-state index is -0.403. The Morgan fingerprint density at radius 1 is 0.906 bits per heavy atom. The highest BCUT2D eigenvalue weighted by molar-refractivity contribution is 6.15. The number of nitrogens with one attached hydrogen (secondary N) is 1. The molecule has 0 radical (unpaired) electrons. The molecule has 0 spiro atoms. The summed E-state index contributed by atoms with van der Waals surface area (Å²) < 4.78 is 0. The fraction of sp³-hybridized carbons (Fsp3) is 0.0370. The van der Waals surface area contributed by atoms with Crippen LogP contribution in [0.1, 0.15) is 21.5 Å². The molecule has 5 nitrogen and oxygen atoms in total. The van der Waals surface area contributed by atoms with Crippen molar-refractivity contribution in [3.63, 3.8) is 0 Å². The van der Waals surface area contributed by atoms with Crippen LogP contribution < -0.4 is 5.56 Å². The molecule has 0 aliphatic carbocycles. The van der Waals surface area contributed by atoms with E-state index in [-0.39, 0.29) is 11.3 Å². The maximum Gasteiger partial charge on any atom is 0.260 e. The molecule has 0 saturated heterocycles. The Morgan fingerprint density at radius 3 is 2.50 bits per heavy atom. The van der Waals surface area contributed by atoms with Crippen LogP contribution in [0, 0.1) is 6.92 Å². The number of benzene rings is 3. The lowest BCUT2D eigenvalue weighted by Gasteiger charge is -2.12. The zero-order valence-corrected chi connectivity index (χ0v) is 17.4. The number of aromatic amines is 1. The maximum absolute atomic E-state index is 13.3. The summed E-state index contributed by atoms with van der Waals surface area (Å²) in [4.78, 5) is 37.7. The van der Waals surface area contributed by atoms with Crippen molar-refractivity contribution in [3.8, 4) is 11.1 Å². The van der Waals surface area contributed by atoms with E-state index in [2.05, 4.69) is 15.0 Å². The van der Waals surface area contributed by atoms with Gasteiger partial charge in [0.1, 0.15) is 0 Å². The number of pyridine rings is 1. The van der Waals surface area contributed by atoms with Crippen molar-refractivity contribution in [2.24, 2.45) is 0 Å². The Morgan fingerprint density at radius 2 is 1.69 bits per heavy atom. The van der Waals surface area contributed by atoms with Crippen LogP contribution in [-0.2, 0) is 0 Å². The quantitative estimate of drug-likeness (QED) is 0.316. The Balaban J connectivity index is 1.65. The molecule has 0 aliphatic rings. The summed E-state index contributed by atoms with van der Waals surface area (Å²) in [6, 6.07) is 20.9. The summed E-state index contributed by atoms with van der Waals surface area (Å²) in [5.41, 5.74) is 5.28. The molecule has 0 aliphatic heterocycles. The number of fused-ring (bicyclic) bond motifs is 2. The van der Waals surface area contributed by atoms with E-state index >= 15 is 0 Å². The van der Waals surface area contributed by atoms with Crippen molar-refractivity contribution in [2.45, 2.75) is 6.92 Å². The fourth-order valence-electron chi connectivity index (χ4n) is 3.89. The molecule has 5 heteroatoms. The number of carbonyl (C=O) groups is 1. The van der Waals surface area contributed by atoms with Crippen molar-refractivity contribution in [2.75, 3.05) is 0 Å². The highest BCUT2D eigenvalue weighted by Gasteiger charge is 2.19. The van der Waals surface area contributed by atoms with Gasteiger partial charge in [0.05, 0.1) is 16.6 Å². The molecule has 154 valence electrons. The minimum absolute atomic E-state index is 0.131. The van der Waals surface area contributed by atoms with Gasteiger partial charge in [-0.2, -0.15) is 0 Å². The van der Waals surface area contributed by atoms with Crippen LogP contribution in [0.25, 0.3) is 39.1 Å². The largest absolute Gasteiger partial charge is 0.321 e. The number of ketones is 1. The fourth-order valence-corrected chi connectivity index (χ4v) is 3.89. The van der Waals surface area contributed by atoms with E-state index in [4.69, 9.17) is 0 Å². The first kappa shape index (κ1) is 19.6. The number of carbonyl (C=O) groups excluding carboxylic acids is 1. The van der Waals surface area contributed by atoms with E-state index in [0.717, 1.165) is 33.1 Å². The van der Waals surface area contributed by atoms with Gasteiger partial charge in [-0.25, -0.2) is 0 Å². The summed E-state index contributed by atoms with van der Waals surface area (Å²) in [7, 11) is 0. The second-order valence-corrected chi connectivity index (χ2v) is 7.62. The van der Waals surface area contributed by atoms with E-state index in [1.165, 1.54) is 6.08 Å². The third-order valence-corrected chi connectivity index (χ3v) is 5.40. The van der Waals surface area contributed by atoms with Gasteiger partial charge < -0.3 is 4.98 Å². The normalized spacial score (nSPS) is 11.4. The molecule has 0 saturated carbocycles. The number of hydrogen-bond acceptors (Lipinski definition) is 4. The van der Waals surface area contributed by atoms with E-state index in [9.17, 15) is 9.59 Å². The van der Waals surface area contributed by atoms with Gasteiger partial charge in [-0.05, 0) is 48.4 Å². The van der Waals surface area contributed by atoms with E-state index in [0.29, 0.717) is 11.1 Å². The Bertz CT molecular complexity index is 1570. The molecule has 0 atom stereocenters. The van der Waals surface area contributed by atoms with Gasteiger partial charge in [-0.1, -0.05) is 54.1 Å². The Kier molecular flexibility index (Phi) is 4.92. The molecule has 2 aromatic heterocycles. The molecular weight excluding hydrogens is 398 g/mol. The Hall–Kier alpha value is -4.38. The van der Waals surface area contributed by atoms with Gasteiger partial charge in [-0.3, -0.25) is 19.6 Å². The molecule has 3 aromatic carbocycles. The molecule has 5 rings (SSSR count). The summed E-state index contributed by atoms with van der Waals surface area (Å²) in [5.74, 6) is -0.354. The van der Waals surface area contributed by atoms with Gasteiger partial charge in [0, 0.05) is 28.9 Å². The molecule has 32 heavy (non-hydrogen) atoms. The van der Waals surface area contributed by atoms with Crippen molar-refractivity contribution < 1.29 is 4.79 Å². The first-order valence-corrected chi connectivity index (χ1v) is 10.3. The number of nitrogens with zero attached hydrogens (tertiary/aromatic N) is 2. The second-order valence-electron chi connectivity index (χ2n) is 7.62. The minimum Gasteiger partial charge on any atom is -0.321 e. The standard InChI is InChI=1S/C27H19N3O2/c1-17-7-10-21-20(15-17)25(19-5-3-2-4-6-19)26(27(32)30-21)24(31)12-9-18-8-11-22-23(16-18)29-14-13-28-22/h2-16H,1H3,(H,30,32)/b12-9-.